The van der Waals surface area contributed by atoms with Gasteiger partial charge in [-0.2, -0.15) is 5.10 Å². The van der Waals surface area contributed by atoms with Crippen molar-refractivity contribution in [3.8, 4) is 0 Å². The van der Waals surface area contributed by atoms with Gasteiger partial charge in [-0.1, -0.05) is 65.9 Å². The normalized spacial score (nSPS) is 16.5. The molecule has 0 N–H and O–H groups in total. The van der Waals surface area contributed by atoms with Gasteiger partial charge in [0.1, 0.15) is 0 Å². The van der Waals surface area contributed by atoms with E-state index < -0.39 is 0 Å². The predicted octanol–water partition coefficient (Wildman–Crippen LogP) is 3.77. The van der Waals surface area contributed by atoms with Crippen molar-refractivity contribution in [2.24, 2.45) is 10.2 Å². The smallest absolute Gasteiger partial charge is 0.239 e. The van der Waals surface area contributed by atoms with Crippen molar-refractivity contribution in [1.82, 2.24) is 4.90 Å². The summed E-state index contributed by atoms with van der Waals surface area (Å²) < 4.78 is 0. The van der Waals surface area contributed by atoms with Crippen LogP contribution in [0.15, 0.2) is 58.7 Å². The Labute approximate surface area is 146 Å². The Bertz CT molecular complexity index is 797. The molecule has 0 unspecified atom stereocenters. The first-order valence-corrected chi connectivity index (χ1v) is 8.77. The molecule has 2 aromatic rings. The van der Waals surface area contributed by atoms with Gasteiger partial charge in [-0.05, 0) is 30.5 Å². The third-order valence-electron chi connectivity index (χ3n) is 3.87. The van der Waals surface area contributed by atoms with Gasteiger partial charge in [0.05, 0.1) is 18.5 Å². The number of aryl methyl sites for hydroxylation is 2. The lowest BCUT2D eigenvalue weighted by atomic mass is 10.1. The van der Waals surface area contributed by atoms with Crippen molar-refractivity contribution in [3.63, 3.8) is 0 Å². The molecule has 122 valence electrons. The lowest BCUT2D eigenvalue weighted by Crippen LogP contribution is -2.29. The lowest BCUT2D eigenvalue weighted by molar-refractivity contribution is -0.124. The summed E-state index contributed by atoms with van der Waals surface area (Å²) in [5.41, 5.74) is 4.50. The number of carbonyl (C=O) groups is 1. The van der Waals surface area contributed by atoms with E-state index in [1.54, 1.807) is 11.1 Å². The van der Waals surface area contributed by atoms with Crippen molar-refractivity contribution < 1.29 is 4.79 Å². The monoisotopic (exact) mass is 337 g/mol. The maximum Gasteiger partial charge on any atom is 0.239 e. The summed E-state index contributed by atoms with van der Waals surface area (Å²) >= 11 is 1.43. The second kappa shape index (κ2) is 7.45. The molecule has 1 aliphatic heterocycles. The van der Waals surface area contributed by atoms with E-state index in [1.807, 2.05) is 49.4 Å². The molecule has 1 heterocycles. The maximum atomic E-state index is 12.1. The number of hydrogen-bond acceptors (Lipinski definition) is 4. The van der Waals surface area contributed by atoms with Crippen LogP contribution in [0.1, 0.15) is 22.3 Å². The first kappa shape index (κ1) is 16.5. The van der Waals surface area contributed by atoms with Crippen LogP contribution in [0.5, 0.6) is 0 Å². The van der Waals surface area contributed by atoms with Crippen molar-refractivity contribution in [2.75, 3.05) is 5.75 Å². The Hall–Kier alpha value is -2.40. The Balaban J connectivity index is 1.75. The number of thioether (sulfide) groups is 1. The topological polar surface area (TPSA) is 45.0 Å². The van der Waals surface area contributed by atoms with Gasteiger partial charge in [0.2, 0.25) is 5.91 Å². The SMILES string of the molecule is Cc1ccc(/C=N\N=C2/SCC(=O)N2Cc2ccccc2C)cc1. The number of rotatable bonds is 4. The van der Waals surface area contributed by atoms with E-state index in [1.165, 1.54) is 22.9 Å². The minimum atomic E-state index is 0.0764. The van der Waals surface area contributed by atoms with Gasteiger partial charge in [-0.15, -0.1) is 5.10 Å². The Morgan fingerprint density at radius 3 is 2.62 bits per heavy atom. The summed E-state index contributed by atoms with van der Waals surface area (Å²) in [6.45, 7) is 4.64. The Kier molecular flexibility index (Phi) is 5.11. The number of nitrogens with zero attached hydrogens (tertiary/aromatic N) is 3. The van der Waals surface area contributed by atoms with Crippen LogP contribution in [0.4, 0.5) is 0 Å². The molecular formula is C19H19N3OS. The molecule has 0 bridgehead atoms. The predicted molar refractivity (Wildman–Crippen MR) is 100 cm³/mol. The van der Waals surface area contributed by atoms with Gasteiger partial charge in [0.15, 0.2) is 5.17 Å². The minimum Gasteiger partial charge on any atom is -0.285 e. The van der Waals surface area contributed by atoms with Gasteiger partial charge < -0.3 is 0 Å². The van der Waals surface area contributed by atoms with Gasteiger partial charge >= 0.3 is 0 Å². The maximum absolute atomic E-state index is 12.1. The van der Waals surface area contributed by atoms with Crippen LogP contribution in [0.2, 0.25) is 0 Å². The average molecular weight is 337 g/mol. The molecular weight excluding hydrogens is 318 g/mol. The van der Waals surface area contributed by atoms with Gasteiger partial charge in [0.25, 0.3) is 0 Å². The van der Waals surface area contributed by atoms with Crippen LogP contribution in [-0.4, -0.2) is 27.9 Å². The third kappa shape index (κ3) is 3.92. The molecule has 1 fully saturated rings. The molecule has 1 saturated heterocycles. The van der Waals surface area contributed by atoms with Crippen LogP contribution in [0.3, 0.4) is 0 Å². The van der Waals surface area contributed by atoms with E-state index in [9.17, 15) is 4.79 Å². The van der Waals surface area contributed by atoms with Crippen LogP contribution in [0.25, 0.3) is 0 Å². The Morgan fingerprint density at radius 1 is 1.12 bits per heavy atom. The molecule has 2 aromatic carbocycles. The standard InChI is InChI=1S/C19H19N3OS/c1-14-7-9-16(10-8-14)11-20-21-19-22(18(23)13-24-19)12-17-6-4-3-5-15(17)2/h3-11H,12-13H2,1-2H3/b20-11-,21-19-. The van der Waals surface area contributed by atoms with E-state index in [4.69, 9.17) is 0 Å². The number of amidine groups is 1. The summed E-state index contributed by atoms with van der Waals surface area (Å²) in [6.07, 6.45) is 1.71. The number of hydrogen-bond donors (Lipinski definition) is 0. The van der Waals surface area contributed by atoms with Crippen molar-refractivity contribution in [2.45, 2.75) is 20.4 Å². The average Bonchev–Trinajstić information content (AvgIpc) is 2.92. The van der Waals surface area contributed by atoms with Crippen molar-refractivity contribution in [3.05, 3.63) is 70.8 Å². The zero-order valence-electron chi connectivity index (χ0n) is 13.8. The van der Waals surface area contributed by atoms with Gasteiger partial charge in [0, 0.05) is 0 Å². The molecule has 24 heavy (non-hydrogen) atoms. The zero-order valence-corrected chi connectivity index (χ0v) is 14.6. The number of carbonyl (C=O) groups excluding carboxylic acids is 1. The summed E-state index contributed by atoms with van der Waals surface area (Å²) in [6, 6.07) is 16.1. The molecule has 0 radical (unpaired) electrons. The molecule has 0 aliphatic carbocycles. The highest BCUT2D eigenvalue weighted by molar-refractivity contribution is 8.15. The second-order valence-electron chi connectivity index (χ2n) is 5.73. The third-order valence-corrected chi connectivity index (χ3v) is 4.83. The highest BCUT2D eigenvalue weighted by Gasteiger charge is 2.28. The minimum absolute atomic E-state index is 0.0764. The quantitative estimate of drug-likeness (QED) is 0.630. The first-order valence-electron chi connectivity index (χ1n) is 7.79. The molecule has 3 rings (SSSR count). The molecule has 1 amide bonds. The van der Waals surface area contributed by atoms with Gasteiger partial charge in [-0.25, -0.2) is 0 Å². The number of amides is 1. The summed E-state index contributed by atoms with van der Waals surface area (Å²) in [4.78, 5) is 13.9. The fourth-order valence-corrected chi connectivity index (χ4v) is 3.22. The van der Waals surface area contributed by atoms with Crippen molar-refractivity contribution in [1.29, 1.82) is 0 Å². The molecule has 0 spiro atoms. The molecule has 5 heteroatoms. The van der Waals surface area contributed by atoms with E-state index in [0.29, 0.717) is 17.5 Å². The highest BCUT2D eigenvalue weighted by atomic mass is 32.2. The first-order chi connectivity index (χ1) is 11.6. The summed E-state index contributed by atoms with van der Waals surface area (Å²) in [5, 5.41) is 9.06. The van der Waals surface area contributed by atoms with Crippen molar-refractivity contribution >= 4 is 29.1 Å². The van der Waals surface area contributed by atoms with E-state index in [2.05, 4.69) is 23.2 Å². The Morgan fingerprint density at radius 2 is 1.88 bits per heavy atom. The van der Waals surface area contributed by atoms with Crippen LogP contribution in [-0.2, 0) is 11.3 Å². The van der Waals surface area contributed by atoms with E-state index in [0.717, 1.165) is 11.1 Å². The van der Waals surface area contributed by atoms with Crippen LogP contribution >= 0.6 is 11.8 Å². The molecule has 0 saturated carbocycles. The fraction of sp³-hybridized carbons (Fsp3) is 0.211. The summed E-state index contributed by atoms with van der Waals surface area (Å²) in [7, 11) is 0. The van der Waals surface area contributed by atoms with E-state index in [-0.39, 0.29) is 5.91 Å². The lowest BCUT2D eigenvalue weighted by Gasteiger charge is -2.16. The molecule has 0 aromatic heterocycles. The fourth-order valence-electron chi connectivity index (χ4n) is 2.38. The molecule has 1 aliphatic rings. The van der Waals surface area contributed by atoms with Gasteiger partial charge in [-0.3, -0.25) is 9.69 Å². The van der Waals surface area contributed by atoms with Crippen LogP contribution < -0.4 is 0 Å². The zero-order chi connectivity index (χ0) is 16.9. The number of benzene rings is 2. The van der Waals surface area contributed by atoms with E-state index >= 15 is 0 Å². The van der Waals surface area contributed by atoms with Crippen LogP contribution in [0, 0.1) is 13.8 Å². The molecule has 0 atom stereocenters. The largest absolute Gasteiger partial charge is 0.285 e. The summed E-state index contributed by atoms with van der Waals surface area (Å²) in [5.74, 6) is 0.498. The molecule has 4 nitrogen and oxygen atoms in total. The highest BCUT2D eigenvalue weighted by Crippen LogP contribution is 2.23. The second-order valence-corrected chi connectivity index (χ2v) is 6.68.